The van der Waals surface area contributed by atoms with Gasteiger partial charge in [-0.15, -0.1) is 11.3 Å². The van der Waals surface area contributed by atoms with Gasteiger partial charge in [0.25, 0.3) is 5.56 Å². The fourth-order valence-corrected chi connectivity index (χ4v) is 5.61. The lowest BCUT2D eigenvalue weighted by Crippen LogP contribution is -2.29. The lowest BCUT2D eigenvalue weighted by atomic mass is 9.72. The minimum absolute atomic E-state index is 0.0122. The second-order valence-electron chi connectivity index (χ2n) is 9.15. The predicted octanol–water partition coefficient (Wildman–Crippen LogP) is 4.37. The molecule has 0 radical (unpaired) electrons. The molecule has 2 heterocycles. The summed E-state index contributed by atoms with van der Waals surface area (Å²) in [5, 5.41) is 0.743. The van der Waals surface area contributed by atoms with Crippen LogP contribution < -0.4 is 5.56 Å². The number of benzene rings is 1. The van der Waals surface area contributed by atoms with Crippen LogP contribution in [0.15, 0.2) is 35.1 Å². The first-order valence-electron chi connectivity index (χ1n) is 10.4. The molecule has 0 saturated heterocycles. The normalized spacial score (nSPS) is 16.5. The first-order valence-corrected chi connectivity index (χ1v) is 11.2. The molecule has 6 heteroatoms. The van der Waals surface area contributed by atoms with Crippen LogP contribution in [0, 0.1) is 11.3 Å². The molecule has 0 aliphatic heterocycles. The van der Waals surface area contributed by atoms with Crippen molar-refractivity contribution in [3.63, 3.8) is 0 Å². The summed E-state index contributed by atoms with van der Waals surface area (Å²) in [6.07, 6.45) is 2.98. The molecule has 0 bridgehead atoms. The molecule has 2 aromatic heterocycles. The Balaban J connectivity index is 1.84. The van der Waals surface area contributed by atoms with Crippen LogP contribution in [-0.4, -0.2) is 22.6 Å². The number of ether oxygens (including phenoxy) is 1. The van der Waals surface area contributed by atoms with Crippen molar-refractivity contribution in [3.05, 3.63) is 62.5 Å². The summed E-state index contributed by atoms with van der Waals surface area (Å²) < 4.78 is 6.50. The fraction of sp³-hybridized carbons (Fsp3) is 0.458. The van der Waals surface area contributed by atoms with Gasteiger partial charge in [-0.3, -0.25) is 14.2 Å². The fourth-order valence-electron chi connectivity index (χ4n) is 4.31. The number of aromatic nitrogens is 2. The summed E-state index contributed by atoms with van der Waals surface area (Å²) in [4.78, 5) is 32.4. The Morgan fingerprint density at radius 3 is 2.67 bits per heavy atom. The van der Waals surface area contributed by atoms with E-state index in [0.717, 1.165) is 35.0 Å². The molecule has 158 valence electrons. The van der Waals surface area contributed by atoms with E-state index in [1.54, 1.807) is 15.9 Å². The number of hydrogen-bond donors (Lipinski definition) is 0. The van der Waals surface area contributed by atoms with Crippen molar-refractivity contribution in [2.75, 3.05) is 7.11 Å². The second kappa shape index (κ2) is 7.99. The van der Waals surface area contributed by atoms with E-state index in [1.165, 1.54) is 17.6 Å². The average molecular weight is 425 g/mol. The van der Waals surface area contributed by atoms with E-state index >= 15 is 0 Å². The molecule has 1 aromatic carbocycles. The Morgan fingerprint density at radius 2 is 2.00 bits per heavy atom. The maximum absolute atomic E-state index is 13.6. The third kappa shape index (κ3) is 3.93. The molecule has 0 amide bonds. The van der Waals surface area contributed by atoms with Gasteiger partial charge in [-0.25, -0.2) is 4.98 Å². The van der Waals surface area contributed by atoms with Crippen molar-refractivity contribution in [3.8, 4) is 0 Å². The third-order valence-electron chi connectivity index (χ3n) is 6.19. The van der Waals surface area contributed by atoms with Gasteiger partial charge in [0.2, 0.25) is 0 Å². The number of methoxy groups -OCH3 is 1. The van der Waals surface area contributed by atoms with E-state index in [9.17, 15) is 9.59 Å². The van der Waals surface area contributed by atoms with Crippen molar-refractivity contribution in [2.24, 2.45) is 11.3 Å². The van der Waals surface area contributed by atoms with Gasteiger partial charge in [-0.2, -0.15) is 0 Å². The Labute approximate surface area is 180 Å². The van der Waals surface area contributed by atoms with Crippen LogP contribution >= 0.6 is 11.3 Å². The quantitative estimate of drug-likeness (QED) is 0.584. The molecule has 1 unspecified atom stereocenters. The molecule has 30 heavy (non-hydrogen) atoms. The van der Waals surface area contributed by atoms with Crippen LogP contribution in [0.2, 0.25) is 0 Å². The van der Waals surface area contributed by atoms with Gasteiger partial charge in [0.15, 0.2) is 0 Å². The Hall–Kier alpha value is -2.47. The highest BCUT2D eigenvalue weighted by Gasteiger charge is 2.32. The van der Waals surface area contributed by atoms with E-state index < -0.39 is 5.97 Å². The van der Waals surface area contributed by atoms with Gasteiger partial charge >= 0.3 is 5.97 Å². The van der Waals surface area contributed by atoms with Crippen molar-refractivity contribution in [1.82, 2.24) is 9.55 Å². The lowest BCUT2D eigenvalue weighted by molar-refractivity contribution is -0.140. The number of esters is 1. The number of hydrogen-bond acceptors (Lipinski definition) is 5. The first-order chi connectivity index (χ1) is 14.3. The summed E-state index contributed by atoms with van der Waals surface area (Å²) in [5.74, 6) is 0.672. The van der Waals surface area contributed by atoms with Crippen LogP contribution in [0.3, 0.4) is 0 Å². The van der Waals surface area contributed by atoms with E-state index in [4.69, 9.17) is 9.72 Å². The number of fused-ring (bicyclic) bond motifs is 3. The highest BCUT2D eigenvalue weighted by molar-refractivity contribution is 7.18. The SMILES string of the molecule is COC(=O)Cc1nc2sc3c(c2c(=O)n1Cc1ccccc1)CCC(C(C)(C)C)C3. The first kappa shape index (κ1) is 20.8. The van der Waals surface area contributed by atoms with Crippen LogP contribution in [-0.2, 0) is 35.3 Å². The molecule has 1 atom stereocenters. The molecule has 1 aliphatic rings. The molecular formula is C24H28N2O3S. The highest BCUT2D eigenvalue weighted by atomic mass is 32.1. The lowest BCUT2D eigenvalue weighted by Gasteiger charge is -2.33. The zero-order chi connectivity index (χ0) is 21.5. The summed E-state index contributed by atoms with van der Waals surface area (Å²) in [6, 6.07) is 9.81. The number of carbonyl (C=O) groups excluding carboxylic acids is 1. The molecule has 4 rings (SSSR count). The average Bonchev–Trinajstić information content (AvgIpc) is 3.08. The predicted molar refractivity (Wildman–Crippen MR) is 120 cm³/mol. The van der Waals surface area contributed by atoms with Gasteiger partial charge in [0, 0.05) is 4.88 Å². The molecule has 0 saturated carbocycles. The van der Waals surface area contributed by atoms with Crippen molar-refractivity contribution < 1.29 is 9.53 Å². The van der Waals surface area contributed by atoms with Gasteiger partial charge < -0.3 is 4.74 Å². The third-order valence-corrected chi connectivity index (χ3v) is 7.33. The standard InChI is InChI=1S/C24H28N2O3S/c1-24(2,3)16-10-11-17-18(12-16)30-22-21(17)23(28)26(14-15-8-6-5-7-9-15)19(25-22)13-20(27)29-4/h5-9,16H,10-14H2,1-4H3. The summed E-state index contributed by atoms with van der Waals surface area (Å²) in [7, 11) is 1.36. The monoisotopic (exact) mass is 424 g/mol. The van der Waals surface area contributed by atoms with Crippen LogP contribution in [0.25, 0.3) is 10.2 Å². The zero-order valence-electron chi connectivity index (χ0n) is 18.0. The Kier molecular flexibility index (Phi) is 5.53. The van der Waals surface area contributed by atoms with Gasteiger partial charge in [0.05, 0.1) is 19.0 Å². The number of rotatable bonds is 4. The van der Waals surface area contributed by atoms with Gasteiger partial charge in [-0.05, 0) is 41.7 Å². The van der Waals surface area contributed by atoms with E-state index in [-0.39, 0.29) is 17.4 Å². The summed E-state index contributed by atoms with van der Waals surface area (Å²) in [5.41, 5.74) is 2.36. The smallest absolute Gasteiger partial charge is 0.313 e. The minimum Gasteiger partial charge on any atom is -0.469 e. The van der Waals surface area contributed by atoms with E-state index in [1.807, 2.05) is 30.3 Å². The maximum atomic E-state index is 13.6. The Morgan fingerprint density at radius 1 is 1.27 bits per heavy atom. The molecule has 0 fully saturated rings. The molecule has 0 N–H and O–H groups in total. The van der Waals surface area contributed by atoms with Crippen LogP contribution in [0.5, 0.6) is 0 Å². The van der Waals surface area contributed by atoms with E-state index in [0.29, 0.717) is 18.3 Å². The van der Waals surface area contributed by atoms with Crippen molar-refractivity contribution >= 4 is 27.5 Å². The van der Waals surface area contributed by atoms with Crippen LogP contribution in [0.1, 0.15) is 49.0 Å². The largest absolute Gasteiger partial charge is 0.469 e. The van der Waals surface area contributed by atoms with Gasteiger partial charge in [0.1, 0.15) is 17.1 Å². The molecule has 1 aliphatic carbocycles. The topological polar surface area (TPSA) is 61.2 Å². The van der Waals surface area contributed by atoms with Crippen molar-refractivity contribution in [1.29, 1.82) is 0 Å². The maximum Gasteiger partial charge on any atom is 0.313 e. The van der Waals surface area contributed by atoms with Crippen molar-refractivity contribution in [2.45, 2.75) is 53.0 Å². The van der Waals surface area contributed by atoms with Crippen LogP contribution in [0.4, 0.5) is 0 Å². The highest BCUT2D eigenvalue weighted by Crippen LogP contribution is 2.42. The molecule has 0 spiro atoms. The number of nitrogens with zero attached hydrogens (tertiary/aromatic N) is 2. The molecule has 3 aromatic rings. The van der Waals surface area contributed by atoms with E-state index in [2.05, 4.69) is 20.8 Å². The Bertz CT molecular complexity index is 1140. The summed E-state index contributed by atoms with van der Waals surface area (Å²) in [6.45, 7) is 7.25. The second-order valence-corrected chi connectivity index (χ2v) is 10.2. The number of aryl methyl sites for hydroxylation is 1. The number of thiophene rings is 1. The zero-order valence-corrected chi connectivity index (χ0v) is 18.8. The minimum atomic E-state index is -0.392. The molecular weight excluding hydrogens is 396 g/mol. The molecule has 5 nitrogen and oxygen atoms in total. The van der Waals surface area contributed by atoms with Gasteiger partial charge in [-0.1, -0.05) is 51.1 Å². The number of carbonyl (C=O) groups is 1. The summed E-state index contributed by atoms with van der Waals surface area (Å²) >= 11 is 1.62.